The minimum absolute atomic E-state index is 0.0286. The number of hydrogen-bond acceptors (Lipinski definition) is 3. The lowest BCUT2D eigenvalue weighted by atomic mass is 10.1. The molecule has 1 heterocycles. The van der Waals surface area contributed by atoms with E-state index in [4.69, 9.17) is 0 Å². The van der Waals surface area contributed by atoms with E-state index in [1.807, 2.05) is 37.3 Å². The average molecular weight is 407 g/mol. The molecule has 5 heteroatoms. The van der Waals surface area contributed by atoms with Crippen LogP contribution in [0.2, 0.25) is 0 Å². The van der Waals surface area contributed by atoms with E-state index in [9.17, 15) is 14.4 Å². The maximum Gasteiger partial charge on any atom is 0.261 e. The maximum atomic E-state index is 12.3. The third kappa shape index (κ3) is 5.56. The highest BCUT2D eigenvalue weighted by Crippen LogP contribution is 2.23. The molecule has 1 aliphatic rings. The zero-order chi connectivity index (χ0) is 21.3. The Labute approximate surface area is 178 Å². The quantitative estimate of drug-likeness (QED) is 0.427. The van der Waals surface area contributed by atoms with Crippen LogP contribution in [0, 0.1) is 0 Å². The van der Waals surface area contributed by atoms with Crippen molar-refractivity contribution in [1.82, 2.24) is 10.2 Å². The summed E-state index contributed by atoms with van der Waals surface area (Å²) in [5, 5.41) is 3.05. The molecule has 5 nitrogen and oxygen atoms in total. The Bertz CT molecular complexity index is 844. The molecule has 158 valence electrons. The number of amides is 3. The van der Waals surface area contributed by atoms with Crippen LogP contribution in [0.15, 0.2) is 54.6 Å². The summed E-state index contributed by atoms with van der Waals surface area (Å²) in [6, 6.07) is 17.0. The van der Waals surface area contributed by atoms with Crippen LogP contribution in [0.25, 0.3) is 0 Å². The highest BCUT2D eigenvalue weighted by Gasteiger charge is 2.34. The topological polar surface area (TPSA) is 66.5 Å². The standard InChI is InChI=1S/C25H30N2O3/c1-19(20-13-7-6-8-14-20)26-23(28)17-9-4-2-3-5-12-18-27-24(29)21-15-10-11-16-22(21)25(27)30/h6-8,10-11,13-16,19H,2-5,9,12,17-18H2,1H3,(H,26,28)/t19-/m1/s1. The van der Waals surface area contributed by atoms with Crippen molar-refractivity contribution in [3.63, 3.8) is 0 Å². The van der Waals surface area contributed by atoms with E-state index in [2.05, 4.69) is 5.32 Å². The molecule has 1 N–H and O–H groups in total. The first-order valence-corrected chi connectivity index (χ1v) is 10.9. The number of fused-ring (bicyclic) bond motifs is 1. The number of nitrogens with zero attached hydrogens (tertiary/aromatic N) is 1. The fourth-order valence-corrected chi connectivity index (χ4v) is 3.84. The van der Waals surface area contributed by atoms with Crippen LogP contribution in [0.5, 0.6) is 0 Å². The number of nitrogens with one attached hydrogen (secondary N) is 1. The number of benzene rings is 2. The van der Waals surface area contributed by atoms with Gasteiger partial charge in [-0.15, -0.1) is 0 Å². The highest BCUT2D eigenvalue weighted by atomic mass is 16.2. The minimum atomic E-state index is -0.175. The second-order valence-corrected chi connectivity index (χ2v) is 7.88. The fraction of sp³-hybridized carbons (Fsp3) is 0.400. The van der Waals surface area contributed by atoms with Crippen molar-refractivity contribution in [2.75, 3.05) is 6.54 Å². The number of unbranched alkanes of at least 4 members (excludes halogenated alkanes) is 5. The van der Waals surface area contributed by atoms with Gasteiger partial charge in [0.05, 0.1) is 17.2 Å². The number of imide groups is 1. The lowest BCUT2D eigenvalue weighted by Crippen LogP contribution is -2.30. The summed E-state index contributed by atoms with van der Waals surface area (Å²) in [6.45, 7) is 2.48. The first-order valence-electron chi connectivity index (χ1n) is 10.9. The number of carbonyl (C=O) groups excluding carboxylic acids is 3. The van der Waals surface area contributed by atoms with Crippen LogP contribution in [0.4, 0.5) is 0 Å². The Balaban J connectivity index is 1.24. The monoisotopic (exact) mass is 406 g/mol. The average Bonchev–Trinajstić information content (AvgIpc) is 3.01. The van der Waals surface area contributed by atoms with Gasteiger partial charge >= 0.3 is 0 Å². The van der Waals surface area contributed by atoms with Crippen LogP contribution in [-0.4, -0.2) is 29.2 Å². The second-order valence-electron chi connectivity index (χ2n) is 7.88. The van der Waals surface area contributed by atoms with Gasteiger partial charge in [-0.2, -0.15) is 0 Å². The molecule has 0 aliphatic carbocycles. The van der Waals surface area contributed by atoms with Gasteiger partial charge in [0.2, 0.25) is 5.91 Å². The van der Waals surface area contributed by atoms with Crippen LogP contribution in [-0.2, 0) is 4.79 Å². The van der Waals surface area contributed by atoms with Crippen LogP contribution < -0.4 is 5.32 Å². The summed E-state index contributed by atoms with van der Waals surface area (Å²) in [5.41, 5.74) is 2.15. The Hall–Kier alpha value is -2.95. The summed E-state index contributed by atoms with van der Waals surface area (Å²) in [6.07, 6.45) is 6.35. The molecule has 0 saturated carbocycles. The van der Waals surface area contributed by atoms with Gasteiger partial charge in [-0.1, -0.05) is 68.1 Å². The van der Waals surface area contributed by atoms with Gasteiger partial charge in [0.1, 0.15) is 0 Å². The first-order chi connectivity index (χ1) is 14.6. The summed E-state index contributed by atoms with van der Waals surface area (Å²) < 4.78 is 0. The van der Waals surface area contributed by atoms with Gasteiger partial charge in [-0.25, -0.2) is 0 Å². The SMILES string of the molecule is C[C@@H](NC(=O)CCCCCCCCN1C(=O)c2ccccc2C1=O)c1ccccc1. The zero-order valence-corrected chi connectivity index (χ0v) is 17.6. The predicted molar refractivity (Wildman–Crippen MR) is 117 cm³/mol. The van der Waals surface area contributed by atoms with E-state index in [0.717, 1.165) is 44.1 Å². The molecule has 0 bridgehead atoms. The van der Waals surface area contributed by atoms with Gasteiger partial charge in [0, 0.05) is 13.0 Å². The van der Waals surface area contributed by atoms with E-state index in [1.54, 1.807) is 24.3 Å². The molecule has 0 spiro atoms. The van der Waals surface area contributed by atoms with Crippen molar-refractivity contribution in [2.24, 2.45) is 0 Å². The summed E-state index contributed by atoms with van der Waals surface area (Å²) in [5.74, 6) is -0.255. The molecule has 1 atom stereocenters. The number of rotatable bonds is 11. The highest BCUT2D eigenvalue weighted by molar-refractivity contribution is 6.21. The van der Waals surface area contributed by atoms with Crippen LogP contribution in [0.1, 0.15) is 84.2 Å². The largest absolute Gasteiger partial charge is 0.350 e. The van der Waals surface area contributed by atoms with Crippen molar-refractivity contribution in [3.8, 4) is 0 Å². The Morgan fingerprint density at radius 3 is 1.97 bits per heavy atom. The van der Waals surface area contributed by atoms with Gasteiger partial charge in [-0.05, 0) is 37.5 Å². The number of carbonyl (C=O) groups is 3. The normalized spacial score (nSPS) is 14.0. The van der Waals surface area contributed by atoms with E-state index < -0.39 is 0 Å². The van der Waals surface area contributed by atoms with Crippen LogP contribution >= 0.6 is 0 Å². The number of hydrogen-bond donors (Lipinski definition) is 1. The molecule has 2 aromatic rings. The maximum absolute atomic E-state index is 12.3. The Kier molecular flexibility index (Phi) is 7.77. The van der Waals surface area contributed by atoms with Crippen molar-refractivity contribution < 1.29 is 14.4 Å². The van der Waals surface area contributed by atoms with Gasteiger partial charge < -0.3 is 5.32 Å². The van der Waals surface area contributed by atoms with E-state index in [0.29, 0.717) is 24.1 Å². The summed E-state index contributed by atoms with van der Waals surface area (Å²) in [4.78, 5) is 38.1. The molecule has 0 radical (unpaired) electrons. The van der Waals surface area contributed by atoms with Gasteiger partial charge in [-0.3, -0.25) is 19.3 Å². The zero-order valence-electron chi connectivity index (χ0n) is 17.6. The molecule has 0 saturated heterocycles. The lowest BCUT2D eigenvalue weighted by molar-refractivity contribution is -0.121. The van der Waals surface area contributed by atoms with Gasteiger partial charge in [0.25, 0.3) is 11.8 Å². The molecule has 3 rings (SSSR count). The Morgan fingerprint density at radius 2 is 1.33 bits per heavy atom. The van der Waals surface area contributed by atoms with Crippen molar-refractivity contribution in [1.29, 1.82) is 0 Å². The van der Waals surface area contributed by atoms with Crippen LogP contribution in [0.3, 0.4) is 0 Å². The van der Waals surface area contributed by atoms with Gasteiger partial charge in [0.15, 0.2) is 0 Å². The fourth-order valence-electron chi connectivity index (χ4n) is 3.84. The molecule has 1 aliphatic heterocycles. The lowest BCUT2D eigenvalue weighted by Gasteiger charge is -2.14. The van der Waals surface area contributed by atoms with Crippen molar-refractivity contribution in [2.45, 2.75) is 57.9 Å². The second kappa shape index (κ2) is 10.7. The molecule has 2 aromatic carbocycles. The smallest absolute Gasteiger partial charge is 0.261 e. The van der Waals surface area contributed by atoms with E-state index in [1.165, 1.54) is 4.90 Å². The van der Waals surface area contributed by atoms with E-state index >= 15 is 0 Å². The molecule has 0 unspecified atom stereocenters. The molecular weight excluding hydrogens is 376 g/mol. The summed E-state index contributed by atoms with van der Waals surface area (Å²) >= 11 is 0. The molecular formula is C25H30N2O3. The molecule has 0 aromatic heterocycles. The minimum Gasteiger partial charge on any atom is -0.350 e. The molecule has 3 amide bonds. The Morgan fingerprint density at radius 1 is 0.800 bits per heavy atom. The summed E-state index contributed by atoms with van der Waals surface area (Å²) in [7, 11) is 0. The first kappa shape index (κ1) is 21.8. The molecule has 30 heavy (non-hydrogen) atoms. The third-order valence-electron chi connectivity index (χ3n) is 5.59. The third-order valence-corrected chi connectivity index (χ3v) is 5.59. The predicted octanol–water partition coefficient (Wildman–Crippen LogP) is 4.89. The van der Waals surface area contributed by atoms with Crippen molar-refractivity contribution >= 4 is 17.7 Å². The van der Waals surface area contributed by atoms with E-state index in [-0.39, 0.29) is 23.8 Å². The van der Waals surface area contributed by atoms with Crippen molar-refractivity contribution in [3.05, 3.63) is 71.3 Å². The molecule has 0 fully saturated rings.